The minimum atomic E-state index is -5.10. The lowest BCUT2D eigenvalue weighted by Crippen LogP contribution is -2.54. The maximum absolute atomic E-state index is 13.2. The van der Waals surface area contributed by atoms with E-state index >= 15 is 0 Å². The predicted octanol–water partition coefficient (Wildman–Crippen LogP) is 1.72. The molecule has 0 fully saturated rings. The Balaban J connectivity index is 5.09. The number of ether oxygens (including phenoxy) is 1. The van der Waals surface area contributed by atoms with Gasteiger partial charge in [-0.25, -0.2) is 0 Å². The van der Waals surface area contributed by atoms with E-state index in [1.165, 1.54) is 34.8 Å². The Morgan fingerprint density at radius 3 is 0.649 bits per heavy atom. The average Bonchev–Trinajstić information content (AvgIpc) is 3.09. The van der Waals surface area contributed by atoms with Crippen LogP contribution in [0, 0.1) is 37.9 Å². The van der Waals surface area contributed by atoms with Crippen LogP contribution in [0.2, 0.25) is 0 Å². The molecular weight excluding hydrogens is 761 g/mol. The number of nitrogens with one attached hydrogen (secondary N) is 7. The Hall–Kier alpha value is -4.45. The lowest BCUT2D eigenvalue weighted by molar-refractivity contribution is -0.174. The van der Waals surface area contributed by atoms with Gasteiger partial charge in [-0.2, -0.15) is 13.2 Å². The maximum Gasteiger partial charge on any atom is 0.471 e. The van der Waals surface area contributed by atoms with Crippen LogP contribution in [0.5, 0.6) is 0 Å². The molecule has 0 aromatic heterocycles. The second-order valence-corrected chi connectivity index (χ2v) is 19.0. The van der Waals surface area contributed by atoms with Gasteiger partial charge in [0.1, 0.15) is 0 Å². The zero-order valence-electron chi connectivity index (χ0n) is 36.3. The normalized spacial score (nSPS) is 13.1. The van der Waals surface area contributed by atoms with Gasteiger partial charge >= 0.3 is 18.1 Å². The van der Waals surface area contributed by atoms with Crippen molar-refractivity contribution in [3.8, 4) is 0 Å². The Morgan fingerprint density at radius 2 is 0.491 bits per heavy atom. The minimum Gasteiger partial charge on any atom is -0.469 e. The molecule has 0 saturated heterocycles. The first kappa shape index (κ1) is 52.6. The molecule has 16 nitrogen and oxygen atoms in total. The molecule has 0 radical (unpaired) electrons. The van der Waals surface area contributed by atoms with Gasteiger partial charge in [0.15, 0.2) is 0 Å². The fourth-order valence-corrected chi connectivity index (χ4v) is 4.47. The third kappa shape index (κ3) is 16.5. The molecule has 57 heavy (non-hydrogen) atoms. The first-order chi connectivity index (χ1) is 25.4. The van der Waals surface area contributed by atoms with Crippen LogP contribution in [-0.2, 0) is 43.1 Å². The smallest absolute Gasteiger partial charge is 0.469 e. The zero-order chi connectivity index (χ0) is 45.2. The third-order valence-electron chi connectivity index (χ3n) is 9.52. The van der Waals surface area contributed by atoms with Gasteiger partial charge in [0.05, 0.1) is 45.0 Å². The molecule has 0 heterocycles. The molecule has 0 aliphatic carbocycles. The third-order valence-corrected chi connectivity index (χ3v) is 9.52. The highest BCUT2D eigenvalue weighted by Crippen LogP contribution is 2.23. The van der Waals surface area contributed by atoms with Crippen molar-refractivity contribution in [2.75, 3.05) is 52.9 Å². The van der Waals surface area contributed by atoms with E-state index in [-0.39, 0.29) is 45.2 Å². The molecule has 0 aromatic carbocycles. The number of halogens is 3. The highest BCUT2D eigenvalue weighted by molar-refractivity contribution is 5.89. The second-order valence-electron chi connectivity index (χ2n) is 19.0. The van der Waals surface area contributed by atoms with Crippen LogP contribution in [0.15, 0.2) is 0 Å². The van der Waals surface area contributed by atoms with E-state index in [4.69, 9.17) is 4.74 Å². The van der Waals surface area contributed by atoms with E-state index < -0.39 is 92.0 Å². The second kappa shape index (κ2) is 19.3. The SMILES string of the molecule is CO[13C](=O)C(C)(C)CNC(=O)C(C)(C)CNC(=O)C(C)(C)[13CH2][15NH]C(=O)C(C)(C)CN[13C](=O)C(C)(C)CNC(=O)C(C)(C)CNC(=O)C(C)(C)[13CH2][15NH]C(=O)C(F)(F)F. The summed E-state index contributed by atoms with van der Waals surface area (Å²) >= 11 is 0. The molecule has 328 valence electrons. The summed E-state index contributed by atoms with van der Waals surface area (Å²) in [7, 11) is 1.26. The van der Waals surface area contributed by atoms with Gasteiger partial charge in [-0.05, 0) is 96.9 Å². The number of amides is 7. The van der Waals surface area contributed by atoms with Crippen molar-refractivity contribution in [3.63, 3.8) is 0 Å². The molecule has 0 aliphatic heterocycles. The largest absolute Gasteiger partial charge is 0.471 e. The molecule has 0 aromatic rings. The molecule has 0 bridgehead atoms. The van der Waals surface area contributed by atoms with Crippen molar-refractivity contribution in [1.29, 1.82) is 0 Å². The minimum absolute atomic E-state index is 0.0210. The Kier molecular flexibility index (Phi) is 17.8. The van der Waals surface area contributed by atoms with Crippen LogP contribution in [-0.4, -0.2) is 106 Å². The summed E-state index contributed by atoms with van der Waals surface area (Å²) in [6.45, 7) is 20.9. The Morgan fingerprint density at radius 1 is 0.333 bits per heavy atom. The molecule has 0 aliphatic rings. The van der Waals surface area contributed by atoms with Crippen molar-refractivity contribution in [2.45, 2.75) is 103 Å². The number of hydrogen-bond donors (Lipinski definition) is 7. The quantitative estimate of drug-likeness (QED) is 0.0507. The van der Waals surface area contributed by atoms with Crippen molar-refractivity contribution in [2.24, 2.45) is 37.9 Å². The van der Waals surface area contributed by atoms with Crippen LogP contribution in [0.3, 0.4) is 0 Å². The number of hydrogen-bond acceptors (Lipinski definition) is 9. The van der Waals surface area contributed by atoms with Gasteiger partial charge in [-0.15, -0.1) is 0 Å². The summed E-state index contributed by atoms with van der Waals surface area (Å²) in [4.78, 5) is 101. The molecular formula is C38H66F3N7O9. The van der Waals surface area contributed by atoms with Crippen LogP contribution in [0.25, 0.3) is 0 Å². The molecule has 0 unspecified atom stereocenters. The predicted molar refractivity (Wildman–Crippen MR) is 206 cm³/mol. The van der Waals surface area contributed by atoms with Gasteiger partial charge in [0.2, 0.25) is 35.4 Å². The number of alkyl halides is 3. The Bertz CT molecular complexity index is 1520. The first-order valence-corrected chi connectivity index (χ1v) is 18.5. The van der Waals surface area contributed by atoms with Gasteiger partial charge in [0, 0.05) is 45.8 Å². The summed E-state index contributed by atoms with van der Waals surface area (Å²) < 4.78 is 42.3. The molecule has 0 spiro atoms. The number of carbonyl (C=O) groups is 8. The van der Waals surface area contributed by atoms with Crippen molar-refractivity contribution in [1.82, 2.24) is 37.2 Å². The van der Waals surface area contributed by atoms with Crippen molar-refractivity contribution < 1.29 is 56.3 Å². The highest BCUT2D eigenvalue weighted by atomic mass is 19.4. The van der Waals surface area contributed by atoms with Crippen molar-refractivity contribution >= 4 is 47.3 Å². The van der Waals surface area contributed by atoms with Crippen LogP contribution in [0.1, 0.15) is 96.9 Å². The number of esters is 1. The standard InChI is InChI=1S/C38H66F3N7O9/c1-31(2,24(50)43-18-33(5,6)26(52)45-20-35(9,10)28(54)47-22-37(13,14)30(56)57-15)16-42-23(49)32(3,4)17-44-25(51)34(7,8)19-46-27(53)36(11,12)21-48-29(55)38(39,40)41/h16-22H2,1-15H3,(H,42,49)(H,43,50)(H,44,51)(H,45,52)(H,46,53)(H,47,54)(H,48,55)/i18+1,21+1,23+1,30+1,43+1,48+1. The molecule has 7 N–H and O–H groups in total. The van der Waals surface area contributed by atoms with Gasteiger partial charge < -0.3 is 42.0 Å². The molecule has 0 rings (SSSR count). The molecule has 19 heteroatoms. The van der Waals surface area contributed by atoms with Crippen molar-refractivity contribution in [3.05, 3.63) is 0 Å². The maximum atomic E-state index is 13.2. The summed E-state index contributed by atoms with van der Waals surface area (Å²) in [5, 5.41) is 17.9. The van der Waals surface area contributed by atoms with Crippen LogP contribution in [0.4, 0.5) is 13.2 Å². The van der Waals surface area contributed by atoms with E-state index in [2.05, 4.69) is 31.9 Å². The van der Waals surface area contributed by atoms with Gasteiger partial charge in [-0.1, -0.05) is 0 Å². The van der Waals surface area contributed by atoms with E-state index in [1.807, 2.05) is 0 Å². The average molecular weight is 828 g/mol. The molecule has 0 saturated carbocycles. The van der Waals surface area contributed by atoms with E-state index in [0.717, 1.165) is 0 Å². The van der Waals surface area contributed by atoms with Crippen LogP contribution >= 0.6 is 0 Å². The summed E-state index contributed by atoms with van der Waals surface area (Å²) in [5.74, 6) is -5.59. The lowest BCUT2D eigenvalue weighted by atomic mass is 9.90. The summed E-state index contributed by atoms with van der Waals surface area (Å²) in [6.07, 6.45) is -5.10. The monoisotopic (exact) mass is 827 g/mol. The van der Waals surface area contributed by atoms with Crippen LogP contribution < -0.4 is 37.2 Å². The fraction of sp³-hybridized carbons (Fsp3) is 0.789. The van der Waals surface area contributed by atoms with E-state index in [0.29, 0.717) is 0 Å². The highest BCUT2D eigenvalue weighted by Gasteiger charge is 2.41. The summed E-state index contributed by atoms with van der Waals surface area (Å²) in [5.41, 5.74) is -7.96. The number of rotatable bonds is 21. The topological polar surface area (TPSA) is 230 Å². The fourth-order valence-electron chi connectivity index (χ4n) is 4.47. The number of methoxy groups -OCH3 is 1. The number of carbonyl (C=O) groups excluding carboxylic acids is 8. The zero-order valence-corrected chi connectivity index (χ0v) is 36.3. The summed E-state index contributed by atoms with van der Waals surface area (Å²) in [6, 6.07) is 0. The molecule has 7 amide bonds. The molecule has 0 atom stereocenters. The van der Waals surface area contributed by atoms with Gasteiger partial charge in [-0.3, -0.25) is 38.4 Å². The van der Waals surface area contributed by atoms with E-state index in [1.54, 1.807) is 74.6 Å². The van der Waals surface area contributed by atoms with E-state index in [9.17, 15) is 51.5 Å². The Labute approximate surface area is 334 Å². The lowest BCUT2D eigenvalue weighted by Gasteiger charge is -2.32. The first-order valence-electron chi connectivity index (χ1n) is 18.5. The van der Waals surface area contributed by atoms with Gasteiger partial charge in [0.25, 0.3) is 0 Å².